The molecule has 1 fully saturated rings. The molecule has 9 nitrogen and oxygen atoms in total. The number of aromatic nitrogens is 2. The van der Waals surface area contributed by atoms with Crippen molar-refractivity contribution in [1.29, 1.82) is 0 Å². The first-order valence-electron chi connectivity index (χ1n) is 8.78. The van der Waals surface area contributed by atoms with E-state index in [-0.39, 0.29) is 11.4 Å². The summed E-state index contributed by atoms with van der Waals surface area (Å²) in [6.07, 6.45) is 5.78. The van der Waals surface area contributed by atoms with Gasteiger partial charge < -0.3 is 10.4 Å². The van der Waals surface area contributed by atoms with E-state index < -0.39 is 22.3 Å². The molecule has 0 unspecified atom stereocenters. The number of carbonyl (C=O) groups excluding carboxylic acids is 1. The normalized spacial score (nSPS) is 16.3. The molecule has 2 aromatic rings. The molecule has 3 rings (SSSR count). The van der Waals surface area contributed by atoms with Crippen molar-refractivity contribution in [3.8, 4) is 5.69 Å². The molecule has 142 valence electrons. The second-order valence-electron chi connectivity index (χ2n) is 6.67. The van der Waals surface area contributed by atoms with Crippen molar-refractivity contribution in [1.82, 2.24) is 15.1 Å². The Morgan fingerprint density at radius 3 is 2.30 bits per heavy atom. The average molecular weight is 372 g/mol. The minimum absolute atomic E-state index is 0.0411. The lowest BCUT2D eigenvalue weighted by Crippen LogP contribution is -2.54. The van der Waals surface area contributed by atoms with Gasteiger partial charge in [0.2, 0.25) is 0 Å². The molecule has 0 bridgehead atoms. The fraction of sp³-hybridized carbons (Fsp3) is 0.389. The summed E-state index contributed by atoms with van der Waals surface area (Å²) in [6.45, 7) is 0. The molecule has 1 aromatic carbocycles. The average Bonchev–Trinajstić information content (AvgIpc) is 3.02. The van der Waals surface area contributed by atoms with Crippen LogP contribution in [0.15, 0.2) is 36.5 Å². The molecule has 1 heterocycles. The highest BCUT2D eigenvalue weighted by Gasteiger charge is 2.40. The van der Waals surface area contributed by atoms with E-state index in [4.69, 9.17) is 0 Å². The van der Waals surface area contributed by atoms with Crippen LogP contribution in [0.2, 0.25) is 0 Å². The molecule has 1 saturated carbocycles. The third-order valence-electron chi connectivity index (χ3n) is 4.87. The van der Waals surface area contributed by atoms with E-state index in [1.807, 2.05) is 0 Å². The molecular formula is C18H20N4O5. The zero-order valence-electron chi connectivity index (χ0n) is 14.6. The molecule has 1 aliphatic rings. The van der Waals surface area contributed by atoms with Crippen molar-refractivity contribution in [3.63, 3.8) is 0 Å². The molecule has 1 aliphatic carbocycles. The summed E-state index contributed by atoms with van der Waals surface area (Å²) in [7, 11) is 0. The van der Waals surface area contributed by atoms with Crippen molar-refractivity contribution < 1.29 is 19.6 Å². The predicted molar refractivity (Wildman–Crippen MR) is 95.8 cm³/mol. The maximum Gasteiger partial charge on any atom is 0.329 e. The zero-order valence-corrected chi connectivity index (χ0v) is 14.6. The molecule has 27 heavy (non-hydrogen) atoms. The number of aliphatic carboxylic acids is 1. The van der Waals surface area contributed by atoms with Gasteiger partial charge in [-0.1, -0.05) is 25.7 Å². The number of carboxylic acids is 1. The van der Waals surface area contributed by atoms with Crippen molar-refractivity contribution in [2.45, 2.75) is 44.1 Å². The van der Waals surface area contributed by atoms with E-state index in [1.54, 1.807) is 6.20 Å². The Hall–Kier alpha value is -3.23. The highest BCUT2D eigenvalue weighted by Crippen LogP contribution is 2.28. The van der Waals surface area contributed by atoms with Crippen LogP contribution in [0, 0.1) is 10.1 Å². The summed E-state index contributed by atoms with van der Waals surface area (Å²) in [5, 5.41) is 27.2. The number of hydrogen-bond acceptors (Lipinski definition) is 5. The van der Waals surface area contributed by atoms with Crippen LogP contribution in [0.25, 0.3) is 5.69 Å². The molecule has 0 radical (unpaired) electrons. The standard InChI is InChI=1S/C18H20N4O5/c23-16(19-18(17(24)25)10-3-1-2-4-11-18)15-9-12-21(20-15)13-5-7-14(8-6-13)22(26)27/h5-9,12H,1-4,10-11H2,(H,19,23)(H,24,25). The summed E-state index contributed by atoms with van der Waals surface area (Å²) in [5.74, 6) is -1.56. The first-order chi connectivity index (χ1) is 12.9. The van der Waals surface area contributed by atoms with Crippen LogP contribution in [0.1, 0.15) is 49.0 Å². The number of carboxylic acid groups (broad SMARTS) is 1. The molecule has 0 saturated heterocycles. The second kappa shape index (κ2) is 7.56. The first-order valence-corrected chi connectivity index (χ1v) is 8.78. The number of nitrogens with zero attached hydrogens (tertiary/aromatic N) is 3. The van der Waals surface area contributed by atoms with Crippen molar-refractivity contribution in [2.75, 3.05) is 0 Å². The number of hydrogen-bond donors (Lipinski definition) is 2. The lowest BCUT2D eigenvalue weighted by Gasteiger charge is -2.28. The van der Waals surface area contributed by atoms with Gasteiger partial charge in [0.15, 0.2) is 5.69 Å². The smallest absolute Gasteiger partial charge is 0.329 e. The largest absolute Gasteiger partial charge is 0.480 e. The Balaban J connectivity index is 1.77. The van der Waals surface area contributed by atoms with Gasteiger partial charge in [-0.25, -0.2) is 9.48 Å². The maximum atomic E-state index is 12.6. The van der Waals surface area contributed by atoms with Crippen molar-refractivity contribution in [2.24, 2.45) is 0 Å². The van der Waals surface area contributed by atoms with Gasteiger partial charge in [-0.3, -0.25) is 14.9 Å². The van der Waals surface area contributed by atoms with Gasteiger partial charge in [-0.05, 0) is 31.0 Å². The predicted octanol–water partition coefficient (Wildman–Crippen LogP) is 2.69. The zero-order chi connectivity index (χ0) is 19.4. The highest BCUT2D eigenvalue weighted by atomic mass is 16.6. The number of benzene rings is 1. The van der Waals surface area contributed by atoms with Crippen LogP contribution in [0.4, 0.5) is 5.69 Å². The van der Waals surface area contributed by atoms with E-state index in [0.29, 0.717) is 18.5 Å². The third kappa shape index (κ3) is 3.97. The first kappa shape index (κ1) is 18.6. The van der Waals surface area contributed by atoms with E-state index >= 15 is 0 Å². The number of nitrogens with one attached hydrogen (secondary N) is 1. The monoisotopic (exact) mass is 372 g/mol. The van der Waals surface area contributed by atoms with Gasteiger partial charge in [-0.2, -0.15) is 5.10 Å². The topological polar surface area (TPSA) is 127 Å². The van der Waals surface area contributed by atoms with Crippen LogP contribution in [-0.2, 0) is 4.79 Å². The minimum Gasteiger partial charge on any atom is -0.480 e. The Labute approximate surface area is 155 Å². The molecule has 0 aliphatic heterocycles. The number of rotatable bonds is 5. The Morgan fingerprint density at radius 2 is 1.74 bits per heavy atom. The molecule has 0 atom stereocenters. The molecule has 1 amide bonds. The number of nitro benzene ring substituents is 1. The lowest BCUT2D eigenvalue weighted by molar-refractivity contribution is -0.384. The SMILES string of the molecule is O=C(NC1(C(=O)O)CCCCCC1)c1ccn(-c2ccc([N+](=O)[O-])cc2)n1. The van der Waals surface area contributed by atoms with Gasteiger partial charge in [-0.15, -0.1) is 0 Å². The fourth-order valence-electron chi connectivity index (χ4n) is 3.32. The second-order valence-corrected chi connectivity index (χ2v) is 6.67. The Kier molecular flexibility index (Phi) is 5.20. The van der Waals surface area contributed by atoms with Crippen molar-refractivity contribution >= 4 is 17.6 Å². The van der Waals surface area contributed by atoms with Gasteiger partial charge in [0.1, 0.15) is 5.54 Å². The van der Waals surface area contributed by atoms with E-state index in [0.717, 1.165) is 25.7 Å². The van der Waals surface area contributed by atoms with Crippen molar-refractivity contribution in [3.05, 3.63) is 52.3 Å². The lowest BCUT2D eigenvalue weighted by atomic mass is 9.90. The number of amides is 1. The van der Waals surface area contributed by atoms with E-state index in [9.17, 15) is 24.8 Å². The summed E-state index contributed by atoms with van der Waals surface area (Å²) in [5.41, 5.74) is -0.647. The molecule has 0 spiro atoms. The number of nitro groups is 1. The van der Waals surface area contributed by atoms with Crippen LogP contribution in [0.3, 0.4) is 0 Å². The van der Waals surface area contributed by atoms with Gasteiger partial charge in [0, 0.05) is 18.3 Å². The highest BCUT2D eigenvalue weighted by molar-refractivity contribution is 5.96. The summed E-state index contributed by atoms with van der Waals surface area (Å²) in [4.78, 5) is 34.6. The van der Waals surface area contributed by atoms with Crippen LogP contribution in [-0.4, -0.2) is 37.2 Å². The van der Waals surface area contributed by atoms with E-state index in [2.05, 4.69) is 10.4 Å². The third-order valence-corrected chi connectivity index (χ3v) is 4.87. The van der Waals surface area contributed by atoms with Gasteiger partial charge in [0.05, 0.1) is 10.6 Å². The molecule has 1 aromatic heterocycles. The maximum absolute atomic E-state index is 12.6. The Bertz CT molecular complexity index is 851. The molecule has 9 heteroatoms. The summed E-state index contributed by atoms with van der Waals surface area (Å²) < 4.78 is 1.42. The fourth-order valence-corrected chi connectivity index (χ4v) is 3.32. The molecule has 2 N–H and O–H groups in total. The summed E-state index contributed by atoms with van der Waals surface area (Å²) >= 11 is 0. The molecular weight excluding hydrogens is 352 g/mol. The Morgan fingerprint density at radius 1 is 1.11 bits per heavy atom. The van der Waals surface area contributed by atoms with Gasteiger partial charge >= 0.3 is 5.97 Å². The van der Waals surface area contributed by atoms with Crippen LogP contribution >= 0.6 is 0 Å². The minimum atomic E-state index is -1.26. The quantitative estimate of drug-likeness (QED) is 0.472. The van der Waals surface area contributed by atoms with Gasteiger partial charge in [0.25, 0.3) is 11.6 Å². The number of carbonyl (C=O) groups is 2. The van der Waals surface area contributed by atoms with Crippen LogP contribution < -0.4 is 5.32 Å². The number of non-ortho nitro benzene ring substituents is 1. The van der Waals surface area contributed by atoms with Crippen LogP contribution in [0.5, 0.6) is 0 Å². The van der Waals surface area contributed by atoms with E-state index in [1.165, 1.54) is 35.0 Å². The summed E-state index contributed by atoms with van der Waals surface area (Å²) in [6, 6.07) is 7.24.